The number of benzene rings is 1. The summed E-state index contributed by atoms with van der Waals surface area (Å²) in [6.45, 7) is 2.11. The van der Waals surface area contributed by atoms with Crippen molar-refractivity contribution in [1.82, 2.24) is 9.38 Å². The minimum atomic E-state index is 1.03. The molecule has 1 aromatic carbocycles. The minimum Gasteiger partial charge on any atom is -0.291 e. The van der Waals surface area contributed by atoms with Crippen LogP contribution in [0.1, 0.15) is 5.56 Å². The standard InChI is InChI=1S/C14H10N2S/c1-9-6-7-12-15-13-10-4-2-3-5-11(10)17-14(13)16(12)8-9/h2-8H,1H3. The summed E-state index contributed by atoms with van der Waals surface area (Å²) in [7, 11) is 0. The van der Waals surface area contributed by atoms with E-state index in [0.29, 0.717) is 0 Å². The van der Waals surface area contributed by atoms with Gasteiger partial charge in [-0.2, -0.15) is 0 Å². The first kappa shape index (κ1) is 9.19. The smallest absolute Gasteiger partial charge is 0.138 e. The van der Waals surface area contributed by atoms with Crippen LogP contribution < -0.4 is 0 Å². The van der Waals surface area contributed by atoms with Crippen molar-refractivity contribution in [3.63, 3.8) is 0 Å². The van der Waals surface area contributed by atoms with Crippen LogP contribution in [0.25, 0.3) is 26.1 Å². The Morgan fingerprint density at radius 2 is 2.00 bits per heavy atom. The lowest BCUT2D eigenvalue weighted by molar-refractivity contribution is 1.20. The van der Waals surface area contributed by atoms with E-state index in [-0.39, 0.29) is 0 Å². The molecule has 0 spiro atoms. The molecule has 3 heterocycles. The predicted molar refractivity (Wildman–Crippen MR) is 72.8 cm³/mol. The van der Waals surface area contributed by atoms with Gasteiger partial charge >= 0.3 is 0 Å². The molecule has 82 valence electrons. The van der Waals surface area contributed by atoms with Crippen LogP contribution in [0.2, 0.25) is 0 Å². The van der Waals surface area contributed by atoms with Crippen LogP contribution in [-0.4, -0.2) is 9.38 Å². The molecule has 0 saturated carbocycles. The summed E-state index contributed by atoms with van der Waals surface area (Å²) in [6, 6.07) is 12.6. The van der Waals surface area contributed by atoms with E-state index in [1.165, 1.54) is 20.5 Å². The van der Waals surface area contributed by atoms with E-state index in [1.54, 1.807) is 11.3 Å². The van der Waals surface area contributed by atoms with E-state index in [4.69, 9.17) is 4.98 Å². The first-order valence-corrected chi connectivity index (χ1v) is 6.40. The Balaban J connectivity index is 2.30. The van der Waals surface area contributed by atoms with E-state index in [2.05, 4.69) is 53.9 Å². The lowest BCUT2D eigenvalue weighted by Gasteiger charge is -1.95. The van der Waals surface area contributed by atoms with Gasteiger partial charge in [0, 0.05) is 16.3 Å². The van der Waals surface area contributed by atoms with Gasteiger partial charge in [0.15, 0.2) is 0 Å². The van der Waals surface area contributed by atoms with Gasteiger partial charge in [0.2, 0.25) is 0 Å². The Bertz CT molecular complexity index is 854. The maximum Gasteiger partial charge on any atom is 0.138 e. The number of aryl methyl sites for hydroxylation is 1. The lowest BCUT2D eigenvalue weighted by Crippen LogP contribution is -1.83. The molecule has 3 aromatic heterocycles. The topological polar surface area (TPSA) is 17.3 Å². The molecule has 0 radical (unpaired) electrons. The maximum absolute atomic E-state index is 4.72. The van der Waals surface area contributed by atoms with Crippen LogP contribution in [0.5, 0.6) is 0 Å². The number of aromatic nitrogens is 2. The second kappa shape index (κ2) is 3.08. The Kier molecular flexibility index (Phi) is 1.66. The molecular formula is C14H10N2S. The van der Waals surface area contributed by atoms with Gasteiger partial charge in [0.1, 0.15) is 16.0 Å². The highest BCUT2D eigenvalue weighted by molar-refractivity contribution is 7.25. The van der Waals surface area contributed by atoms with Gasteiger partial charge in [-0.3, -0.25) is 4.40 Å². The minimum absolute atomic E-state index is 1.03. The van der Waals surface area contributed by atoms with Gasteiger partial charge in [-0.1, -0.05) is 24.3 Å². The highest BCUT2D eigenvalue weighted by Crippen LogP contribution is 2.33. The number of rotatable bonds is 0. The number of fused-ring (bicyclic) bond motifs is 5. The fourth-order valence-corrected chi connectivity index (χ4v) is 3.38. The zero-order valence-electron chi connectivity index (χ0n) is 9.34. The van der Waals surface area contributed by atoms with E-state index in [9.17, 15) is 0 Å². The molecule has 0 amide bonds. The summed E-state index contributed by atoms with van der Waals surface area (Å²) >= 11 is 1.81. The second-order valence-corrected chi connectivity index (χ2v) is 5.33. The van der Waals surface area contributed by atoms with Crippen molar-refractivity contribution in [2.45, 2.75) is 6.92 Å². The average molecular weight is 238 g/mol. The summed E-state index contributed by atoms with van der Waals surface area (Å²) in [4.78, 5) is 5.96. The number of thiophene rings is 1. The van der Waals surface area contributed by atoms with Crippen LogP contribution in [-0.2, 0) is 0 Å². The number of hydrogen-bond acceptors (Lipinski definition) is 2. The highest BCUT2D eigenvalue weighted by atomic mass is 32.1. The van der Waals surface area contributed by atoms with Crippen molar-refractivity contribution in [2.24, 2.45) is 0 Å². The molecule has 4 aromatic rings. The monoisotopic (exact) mass is 238 g/mol. The molecule has 3 heteroatoms. The Hall–Kier alpha value is -1.87. The summed E-state index contributed by atoms with van der Waals surface area (Å²) in [5, 5.41) is 1.26. The van der Waals surface area contributed by atoms with Crippen molar-refractivity contribution in [2.75, 3.05) is 0 Å². The zero-order chi connectivity index (χ0) is 11.4. The van der Waals surface area contributed by atoms with Gasteiger partial charge in [-0.25, -0.2) is 4.98 Å². The van der Waals surface area contributed by atoms with Crippen LogP contribution in [0.15, 0.2) is 42.6 Å². The van der Waals surface area contributed by atoms with Crippen molar-refractivity contribution in [3.05, 3.63) is 48.2 Å². The molecule has 0 N–H and O–H groups in total. The third-order valence-electron chi connectivity index (χ3n) is 3.07. The molecule has 0 bridgehead atoms. The van der Waals surface area contributed by atoms with E-state index in [0.717, 1.165) is 11.2 Å². The molecule has 4 rings (SSSR count). The van der Waals surface area contributed by atoms with E-state index >= 15 is 0 Å². The first-order chi connectivity index (χ1) is 8.33. The fraction of sp³-hybridized carbons (Fsp3) is 0.0714. The molecule has 0 saturated heterocycles. The number of pyridine rings is 1. The van der Waals surface area contributed by atoms with Crippen molar-refractivity contribution < 1.29 is 0 Å². The third-order valence-corrected chi connectivity index (χ3v) is 4.23. The first-order valence-electron chi connectivity index (χ1n) is 5.59. The van der Waals surface area contributed by atoms with Gasteiger partial charge in [0.25, 0.3) is 0 Å². The Morgan fingerprint density at radius 1 is 1.12 bits per heavy atom. The Labute approximate surface area is 102 Å². The second-order valence-electron chi connectivity index (χ2n) is 4.30. The molecule has 0 unspecified atom stereocenters. The van der Waals surface area contributed by atoms with Gasteiger partial charge in [-0.05, 0) is 24.6 Å². The van der Waals surface area contributed by atoms with Gasteiger partial charge in [-0.15, -0.1) is 11.3 Å². The maximum atomic E-state index is 4.72. The molecular weight excluding hydrogens is 228 g/mol. The highest BCUT2D eigenvalue weighted by Gasteiger charge is 2.10. The summed E-state index contributed by atoms with van der Waals surface area (Å²) < 4.78 is 3.50. The van der Waals surface area contributed by atoms with Gasteiger partial charge < -0.3 is 0 Å². The summed E-state index contributed by atoms with van der Waals surface area (Å²) in [6.07, 6.45) is 2.15. The van der Waals surface area contributed by atoms with Crippen LogP contribution in [0.3, 0.4) is 0 Å². The molecule has 0 atom stereocenters. The SMILES string of the molecule is Cc1ccc2nc3c4ccccc4sc3n2c1. The summed E-state index contributed by atoms with van der Waals surface area (Å²) in [5.74, 6) is 0. The predicted octanol–water partition coefficient (Wildman–Crippen LogP) is 4.01. The molecule has 0 aliphatic rings. The van der Waals surface area contributed by atoms with E-state index in [1.807, 2.05) is 0 Å². The average Bonchev–Trinajstić information content (AvgIpc) is 2.85. The molecule has 2 nitrogen and oxygen atoms in total. The number of hydrogen-bond donors (Lipinski definition) is 0. The largest absolute Gasteiger partial charge is 0.291 e. The number of imidazole rings is 1. The number of nitrogens with zero attached hydrogens (tertiary/aromatic N) is 2. The fourth-order valence-electron chi connectivity index (χ4n) is 2.26. The molecule has 0 aliphatic heterocycles. The lowest BCUT2D eigenvalue weighted by atomic mass is 10.2. The van der Waals surface area contributed by atoms with E-state index < -0.39 is 0 Å². The van der Waals surface area contributed by atoms with Crippen LogP contribution in [0, 0.1) is 6.92 Å². The summed E-state index contributed by atoms with van der Waals surface area (Å²) in [5.41, 5.74) is 3.41. The van der Waals surface area contributed by atoms with Crippen molar-refractivity contribution in [1.29, 1.82) is 0 Å². The quantitative estimate of drug-likeness (QED) is 0.452. The molecule has 17 heavy (non-hydrogen) atoms. The third kappa shape index (κ3) is 1.17. The normalized spacial score (nSPS) is 11.8. The van der Waals surface area contributed by atoms with Crippen molar-refractivity contribution in [3.8, 4) is 0 Å². The van der Waals surface area contributed by atoms with Crippen LogP contribution in [0.4, 0.5) is 0 Å². The van der Waals surface area contributed by atoms with Crippen molar-refractivity contribution >= 4 is 37.4 Å². The molecule has 0 aliphatic carbocycles. The molecule has 0 fully saturated rings. The zero-order valence-corrected chi connectivity index (χ0v) is 10.2. The van der Waals surface area contributed by atoms with Crippen LogP contribution >= 0.6 is 11.3 Å². The Morgan fingerprint density at radius 3 is 2.94 bits per heavy atom. The van der Waals surface area contributed by atoms with Gasteiger partial charge in [0.05, 0.1) is 0 Å².